The number of carbonyl (C=O) groups is 4. The molecular weight excluding hydrogens is 339 g/mol. The third kappa shape index (κ3) is 12.2. The van der Waals surface area contributed by atoms with Crippen molar-refractivity contribution < 1.29 is 39.6 Å². The molecule has 8 nitrogen and oxygen atoms in total. The molecule has 10 heteroatoms. The summed E-state index contributed by atoms with van der Waals surface area (Å²) in [6.07, 6.45) is 0.965. The molecule has 0 rings (SSSR count). The number of carboxylic acids is 4. The van der Waals surface area contributed by atoms with Crippen molar-refractivity contribution in [3.05, 3.63) is 21.7 Å². The molecule has 0 saturated carbocycles. The molecule has 0 aliphatic heterocycles. The lowest BCUT2D eigenvalue weighted by Gasteiger charge is -1.84. The van der Waals surface area contributed by atoms with Crippen LogP contribution >= 0.6 is 27.5 Å². The normalized spacial score (nSPS) is 11.0. The minimum atomic E-state index is -1.45. The molecule has 0 fully saturated rings. The first-order valence-electron chi connectivity index (χ1n) is 3.74. The summed E-state index contributed by atoms with van der Waals surface area (Å²) in [6, 6.07) is 0. The molecule has 0 radical (unpaired) electrons. The van der Waals surface area contributed by atoms with Gasteiger partial charge in [0, 0.05) is 12.2 Å². The zero-order valence-corrected chi connectivity index (χ0v) is 10.7. The molecule has 18 heavy (non-hydrogen) atoms. The zero-order valence-electron chi connectivity index (χ0n) is 8.33. The third-order valence-electron chi connectivity index (χ3n) is 0.909. The van der Waals surface area contributed by atoms with Crippen molar-refractivity contribution >= 4 is 51.4 Å². The standard InChI is InChI=1S/C4H3BrO4.C4H3ClO4/c2*5-2(4(8)9)1-3(6)7/h2*1H,(H,6,7)(H,8,9)/b2*2-1+. The van der Waals surface area contributed by atoms with Crippen molar-refractivity contribution in [2.24, 2.45) is 0 Å². The molecule has 0 heterocycles. The van der Waals surface area contributed by atoms with E-state index >= 15 is 0 Å². The van der Waals surface area contributed by atoms with E-state index in [9.17, 15) is 19.2 Å². The molecule has 100 valence electrons. The molecule has 0 unspecified atom stereocenters. The minimum Gasteiger partial charge on any atom is -0.478 e. The molecule has 0 saturated heterocycles. The second kappa shape index (κ2) is 9.19. The van der Waals surface area contributed by atoms with E-state index in [4.69, 9.17) is 32.0 Å². The highest BCUT2D eigenvalue weighted by Crippen LogP contribution is 2.02. The summed E-state index contributed by atoms with van der Waals surface area (Å²) >= 11 is 7.41. The largest absolute Gasteiger partial charge is 0.478 e. The van der Waals surface area contributed by atoms with Gasteiger partial charge in [-0.3, -0.25) is 0 Å². The summed E-state index contributed by atoms with van der Waals surface area (Å²) in [4.78, 5) is 39.1. The summed E-state index contributed by atoms with van der Waals surface area (Å²) in [5, 5.41) is 31.2. The van der Waals surface area contributed by atoms with Crippen LogP contribution in [0.4, 0.5) is 0 Å². The summed E-state index contributed by atoms with van der Waals surface area (Å²) in [7, 11) is 0. The average molecular weight is 345 g/mol. The fraction of sp³-hybridized carbons (Fsp3) is 0. The van der Waals surface area contributed by atoms with Crippen LogP contribution in [-0.4, -0.2) is 44.3 Å². The molecule has 0 aliphatic carbocycles. The second-order valence-electron chi connectivity index (χ2n) is 2.27. The van der Waals surface area contributed by atoms with E-state index in [1.807, 2.05) is 0 Å². The summed E-state index contributed by atoms with van der Waals surface area (Å²) in [5.74, 6) is -5.40. The van der Waals surface area contributed by atoms with Gasteiger partial charge in [0.25, 0.3) is 0 Å². The lowest BCUT2D eigenvalue weighted by Crippen LogP contribution is -1.97. The van der Waals surface area contributed by atoms with Crippen LogP contribution in [0.5, 0.6) is 0 Å². The molecule has 0 spiro atoms. The molecule has 0 aliphatic rings. The fourth-order valence-electron chi connectivity index (χ4n) is 0.340. The highest BCUT2D eigenvalue weighted by molar-refractivity contribution is 9.12. The van der Waals surface area contributed by atoms with Gasteiger partial charge in [0.2, 0.25) is 0 Å². The van der Waals surface area contributed by atoms with E-state index in [0.717, 1.165) is 0 Å². The van der Waals surface area contributed by atoms with Crippen LogP contribution < -0.4 is 0 Å². The number of hydrogen-bond acceptors (Lipinski definition) is 4. The summed E-state index contributed by atoms with van der Waals surface area (Å²) in [6.45, 7) is 0. The van der Waals surface area contributed by atoms with Crippen LogP contribution in [0.15, 0.2) is 21.7 Å². The first-order valence-corrected chi connectivity index (χ1v) is 4.91. The Hall–Kier alpha value is -1.87. The van der Waals surface area contributed by atoms with Crippen molar-refractivity contribution in [2.75, 3.05) is 0 Å². The van der Waals surface area contributed by atoms with Gasteiger partial charge in [0.1, 0.15) is 9.51 Å². The Morgan fingerprint density at radius 1 is 0.833 bits per heavy atom. The van der Waals surface area contributed by atoms with Crippen LogP contribution in [0.1, 0.15) is 0 Å². The van der Waals surface area contributed by atoms with E-state index in [1.165, 1.54) is 0 Å². The van der Waals surface area contributed by atoms with E-state index in [0.29, 0.717) is 12.2 Å². The Morgan fingerprint density at radius 2 is 1.22 bits per heavy atom. The quantitative estimate of drug-likeness (QED) is 0.544. The summed E-state index contributed by atoms with van der Waals surface area (Å²) < 4.78 is -0.366. The maximum Gasteiger partial charge on any atom is 0.347 e. The predicted molar refractivity (Wildman–Crippen MR) is 61.5 cm³/mol. The molecule has 0 aromatic carbocycles. The molecule has 0 bridgehead atoms. The average Bonchev–Trinajstić information content (AvgIpc) is 2.16. The van der Waals surface area contributed by atoms with Crippen LogP contribution in [0.2, 0.25) is 0 Å². The minimum absolute atomic E-state index is 0.366. The molecular formula is C8H6BrClO8. The Kier molecular flexibility index (Phi) is 9.44. The van der Waals surface area contributed by atoms with Crippen molar-refractivity contribution in [1.29, 1.82) is 0 Å². The van der Waals surface area contributed by atoms with Gasteiger partial charge in [-0.05, 0) is 15.9 Å². The third-order valence-corrected chi connectivity index (χ3v) is 1.75. The SMILES string of the molecule is O=C(O)/C=C(/Br)C(=O)O.O=C(O)/C=C(/Cl)C(=O)O. The molecule has 0 aromatic rings. The first-order chi connectivity index (χ1) is 8.07. The van der Waals surface area contributed by atoms with Gasteiger partial charge in [0.05, 0.1) is 0 Å². The Balaban J connectivity index is 0. The molecule has 0 atom stereocenters. The topological polar surface area (TPSA) is 149 Å². The maximum atomic E-state index is 9.86. The van der Waals surface area contributed by atoms with Crippen LogP contribution in [0.25, 0.3) is 0 Å². The van der Waals surface area contributed by atoms with Gasteiger partial charge in [-0.2, -0.15) is 0 Å². The van der Waals surface area contributed by atoms with Crippen LogP contribution in [0, 0.1) is 0 Å². The van der Waals surface area contributed by atoms with E-state index in [-0.39, 0.29) is 4.48 Å². The number of aliphatic carboxylic acids is 4. The van der Waals surface area contributed by atoms with Crippen molar-refractivity contribution in [1.82, 2.24) is 0 Å². The van der Waals surface area contributed by atoms with E-state index in [2.05, 4.69) is 15.9 Å². The Labute approximate surface area is 113 Å². The predicted octanol–water partition coefficient (Wildman–Crippen LogP) is 0.713. The van der Waals surface area contributed by atoms with Gasteiger partial charge in [-0.15, -0.1) is 0 Å². The van der Waals surface area contributed by atoms with Gasteiger partial charge < -0.3 is 20.4 Å². The van der Waals surface area contributed by atoms with Gasteiger partial charge in [-0.1, -0.05) is 11.6 Å². The van der Waals surface area contributed by atoms with Gasteiger partial charge in [0.15, 0.2) is 0 Å². The van der Waals surface area contributed by atoms with E-state index < -0.39 is 28.9 Å². The van der Waals surface area contributed by atoms with Crippen molar-refractivity contribution in [3.63, 3.8) is 0 Å². The second-order valence-corrected chi connectivity index (χ2v) is 3.53. The number of rotatable bonds is 4. The van der Waals surface area contributed by atoms with Crippen molar-refractivity contribution in [3.8, 4) is 0 Å². The van der Waals surface area contributed by atoms with Crippen LogP contribution in [0.3, 0.4) is 0 Å². The molecule has 0 amide bonds. The number of hydrogen-bond donors (Lipinski definition) is 4. The van der Waals surface area contributed by atoms with Crippen molar-refractivity contribution in [2.45, 2.75) is 0 Å². The monoisotopic (exact) mass is 344 g/mol. The highest BCUT2D eigenvalue weighted by atomic mass is 79.9. The highest BCUT2D eigenvalue weighted by Gasteiger charge is 2.04. The lowest BCUT2D eigenvalue weighted by atomic mass is 10.5. The Bertz CT molecular complexity index is 385. The number of halogens is 2. The Morgan fingerprint density at radius 3 is 1.33 bits per heavy atom. The number of carboxylic acid groups (broad SMARTS) is 4. The zero-order chi connectivity index (χ0) is 14.9. The van der Waals surface area contributed by atoms with E-state index in [1.54, 1.807) is 0 Å². The van der Waals surface area contributed by atoms with Gasteiger partial charge in [-0.25, -0.2) is 19.2 Å². The smallest absolute Gasteiger partial charge is 0.347 e. The maximum absolute atomic E-state index is 9.86. The molecule has 0 aromatic heterocycles. The fourth-order valence-corrected chi connectivity index (χ4v) is 0.629. The lowest BCUT2D eigenvalue weighted by molar-refractivity contribution is -0.134. The molecule has 4 N–H and O–H groups in total. The van der Waals surface area contributed by atoms with Gasteiger partial charge >= 0.3 is 23.9 Å². The first kappa shape index (κ1) is 18.5. The summed E-state index contributed by atoms with van der Waals surface area (Å²) in [5.41, 5.74) is 0. The van der Waals surface area contributed by atoms with Crippen LogP contribution in [-0.2, 0) is 19.2 Å².